The second-order valence-electron chi connectivity index (χ2n) is 6.30. The molecule has 1 aromatic rings. The first kappa shape index (κ1) is 18.5. The molecule has 3 N–H and O–H groups in total. The van der Waals surface area contributed by atoms with Crippen molar-refractivity contribution in [3.63, 3.8) is 0 Å². The fourth-order valence-electron chi connectivity index (χ4n) is 3.34. The van der Waals surface area contributed by atoms with E-state index in [4.69, 9.17) is 23.2 Å². The molecule has 8 heteroatoms. The maximum absolute atomic E-state index is 14.5. The minimum atomic E-state index is -1.10. The van der Waals surface area contributed by atoms with Crippen molar-refractivity contribution in [2.24, 2.45) is 0 Å². The number of rotatable bonds is 3. The molecule has 1 aromatic carbocycles. The largest absolute Gasteiger partial charge is 0.369 e. The summed E-state index contributed by atoms with van der Waals surface area (Å²) in [5.41, 5.74) is 1.62. The van der Waals surface area contributed by atoms with Gasteiger partial charge in [0.25, 0.3) is 0 Å². The van der Waals surface area contributed by atoms with Crippen LogP contribution in [0.25, 0.3) is 0 Å². The molecule has 1 aliphatic carbocycles. The summed E-state index contributed by atoms with van der Waals surface area (Å²) in [6.07, 6.45) is 0.996. The normalized spacial score (nSPS) is 24.3. The lowest BCUT2D eigenvalue weighted by Gasteiger charge is -2.29. The molecule has 1 amide bonds. The molecule has 25 heavy (non-hydrogen) atoms. The van der Waals surface area contributed by atoms with E-state index < -0.39 is 29.6 Å². The number of nitrogens with one attached hydrogen (secondary N) is 1. The number of hydrogen-bond donors (Lipinski definition) is 3. The summed E-state index contributed by atoms with van der Waals surface area (Å²) in [7, 11) is 0. The number of carbonyl (C=O) groups is 1. The molecule has 0 spiro atoms. The van der Waals surface area contributed by atoms with Crippen molar-refractivity contribution < 1.29 is 19.4 Å². The molecule has 0 saturated heterocycles. The van der Waals surface area contributed by atoms with E-state index in [1.165, 1.54) is 17.9 Å². The number of halogens is 3. The highest BCUT2D eigenvalue weighted by atomic mass is 35.5. The van der Waals surface area contributed by atoms with Crippen molar-refractivity contribution in [2.75, 3.05) is 10.2 Å². The van der Waals surface area contributed by atoms with Gasteiger partial charge < -0.3 is 20.4 Å². The molecular weight excluding hydrogens is 370 g/mol. The molecule has 3 unspecified atom stereocenters. The molecule has 0 fully saturated rings. The fraction of sp³-hybridized carbons (Fsp3) is 0.471. The van der Waals surface area contributed by atoms with Crippen LogP contribution in [0.5, 0.6) is 0 Å². The van der Waals surface area contributed by atoms with Crippen molar-refractivity contribution in [1.82, 2.24) is 0 Å². The summed E-state index contributed by atoms with van der Waals surface area (Å²) in [5.74, 6) is -1.18. The molecule has 0 bridgehead atoms. The Balaban J connectivity index is 1.96. The van der Waals surface area contributed by atoms with E-state index in [-0.39, 0.29) is 16.4 Å². The van der Waals surface area contributed by atoms with Crippen LogP contribution in [0.4, 0.5) is 15.8 Å². The number of aliphatic hydroxyl groups is 2. The van der Waals surface area contributed by atoms with Crippen molar-refractivity contribution in [1.29, 1.82) is 0 Å². The van der Waals surface area contributed by atoms with E-state index in [0.29, 0.717) is 12.8 Å². The Morgan fingerprint density at radius 2 is 1.84 bits per heavy atom. The van der Waals surface area contributed by atoms with Crippen LogP contribution in [-0.4, -0.2) is 34.0 Å². The van der Waals surface area contributed by atoms with Crippen molar-refractivity contribution in [2.45, 2.75) is 50.4 Å². The summed E-state index contributed by atoms with van der Waals surface area (Å²) in [6.45, 7) is 1.50. The third kappa shape index (κ3) is 3.36. The molecule has 0 saturated carbocycles. The Morgan fingerprint density at radius 3 is 2.36 bits per heavy atom. The third-order valence-corrected chi connectivity index (χ3v) is 5.15. The molecule has 2 aliphatic rings. The van der Waals surface area contributed by atoms with Crippen molar-refractivity contribution in [3.05, 3.63) is 34.1 Å². The van der Waals surface area contributed by atoms with E-state index >= 15 is 0 Å². The first-order valence-corrected chi connectivity index (χ1v) is 8.93. The Bertz CT molecular complexity index is 717. The van der Waals surface area contributed by atoms with Gasteiger partial charge in [0, 0.05) is 0 Å². The van der Waals surface area contributed by atoms with Gasteiger partial charge in [-0.3, -0.25) is 4.79 Å². The Hall–Kier alpha value is -1.34. The van der Waals surface area contributed by atoms with Gasteiger partial charge >= 0.3 is 0 Å². The van der Waals surface area contributed by atoms with E-state index in [0.717, 1.165) is 30.1 Å². The molecule has 1 heterocycles. The molecule has 3 atom stereocenters. The highest BCUT2D eigenvalue weighted by Crippen LogP contribution is 2.42. The van der Waals surface area contributed by atoms with Crippen LogP contribution in [0, 0.1) is 5.82 Å². The average molecular weight is 389 g/mol. The van der Waals surface area contributed by atoms with Gasteiger partial charge in [0.1, 0.15) is 11.2 Å². The van der Waals surface area contributed by atoms with Gasteiger partial charge in [-0.1, -0.05) is 11.6 Å². The van der Waals surface area contributed by atoms with Gasteiger partial charge in [0.15, 0.2) is 12.5 Å². The van der Waals surface area contributed by atoms with Crippen LogP contribution in [0.15, 0.2) is 23.3 Å². The molecule has 0 aromatic heterocycles. The molecule has 136 valence electrons. The lowest BCUT2D eigenvalue weighted by atomic mass is 9.93. The number of anilines is 2. The Morgan fingerprint density at radius 1 is 1.28 bits per heavy atom. The van der Waals surface area contributed by atoms with Crippen molar-refractivity contribution >= 4 is 40.5 Å². The second-order valence-corrected chi connectivity index (χ2v) is 7.36. The van der Waals surface area contributed by atoms with E-state index in [1.807, 2.05) is 0 Å². The quantitative estimate of drug-likeness (QED) is 0.548. The molecule has 0 radical (unpaired) electrons. The second kappa shape index (κ2) is 7.11. The predicted octanol–water partition coefficient (Wildman–Crippen LogP) is 3.37. The summed E-state index contributed by atoms with van der Waals surface area (Å²) < 4.78 is 14.5. The minimum absolute atomic E-state index is 0.00724. The highest BCUT2D eigenvalue weighted by molar-refractivity contribution is 6.35. The zero-order valence-corrected chi connectivity index (χ0v) is 15.1. The lowest BCUT2D eigenvalue weighted by Crippen LogP contribution is -2.39. The zero-order valence-electron chi connectivity index (χ0n) is 13.6. The summed E-state index contributed by atoms with van der Waals surface area (Å²) in [5, 5.41) is 22.9. The number of nitrogens with zero attached hydrogens (tertiary/aromatic N) is 1. The van der Waals surface area contributed by atoms with Crippen LogP contribution in [-0.2, 0) is 4.79 Å². The van der Waals surface area contributed by atoms with Gasteiger partial charge in [-0.05, 0) is 55.9 Å². The van der Waals surface area contributed by atoms with Gasteiger partial charge in [0.2, 0.25) is 5.91 Å². The highest BCUT2D eigenvalue weighted by Gasteiger charge is 2.40. The number of carbonyl (C=O) groups excluding carboxylic acids is 1. The molecular formula is C17H19Cl2FN2O3. The smallest absolute Gasteiger partial charge is 0.242 e. The fourth-order valence-corrected chi connectivity index (χ4v) is 3.59. The SMILES string of the molecule is CC(Cl)C(=O)Nc1cc(N2C(O)C3=C(CCCC3)C2O)c(F)cc1Cl. The lowest BCUT2D eigenvalue weighted by molar-refractivity contribution is -0.115. The van der Waals surface area contributed by atoms with E-state index in [9.17, 15) is 19.4 Å². The van der Waals surface area contributed by atoms with Crippen LogP contribution in [0.1, 0.15) is 32.6 Å². The van der Waals surface area contributed by atoms with Gasteiger partial charge in [-0.2, -0.15) is 0 Å². The Kier molecular flexibility index (Phi) is 5.25. The number of alkyl halides is 1. The van der Waals surface area contributed by atoms with Crippen LogP contribution >= 0.6 is 23.2 Å². The maximum Gasteiger partial charge on any atom is 0.242 e. The minimum Gasteiger partial charge on any atom is -0.369 e. The van der Waals surface area contributed by atoms with Crippen LogP contribution < -0.4 is 10.2 Å². The van der Waals surface area contributed by atoms with Crippen molar-refractivity contribution in [3.8, 4) is 0 Å². The van der Waals surface area contributed by atoms with Gasteiger partial charge in [-0.25, -0.2) is 4.39 Å². The van der Waals surface area contributed by atoms with Gasteiger partial charge in [-0.15, -0.1) is 11.6 Å². The number of benzene rings is 1. The predicted molar refractivity (Wildman–Crippen MR) is 95.3 cm³/mol. The number of amides is 1. The third-order valence-electron chi connectivity index (χ3n) is 4.64. The molecule has 3 rings (SSSR count). The Labute approximate surface area is 155 Å². The monoisotopic (exact) mass is 388 g/mol. The first-order valence-electron chi connectivity index (χ1n) is 8.11. The van der Waals surface area contributed by atoms with Crippen LogP contribution in [0.3, 0.4) is 0 Å². The standard InChI is InChI=1S/C17H19Cl2FN2O3/c1-8(18)15(23)21-13-7-14(12(20)6-11(13)19)22-16(24)9-4-2-3-5-10(9)17(22)25/h6-8,16-17,24-25H,2-5H2,1H3,(H,21,23). The summed E-state index contributed by atoms with van der Waals surface area (Å²) >= 11 is 11.7. The molecule has 5 nitrogen and oxygen atoms in total. The summed E-state index contributed by atoms with van der Waals surface area (Å²) in [4.78, 5) is 13.0. The van der Waals surface area contributed by atoms with Gasteiger partial charge in [0.05, 0.1) is 16.4 Å². The first-order chi connectivity index (χ1) is 11.8. The zero-order chi connectivity index (χ0) is 18.3. The van der Waals surface area contributed by atoms with Crippen LogP contribution in [0.2, 0.25) is 5.02 Å². The topological polar surface area (TPSA) is 72.8 Å². The average Bonchev–Trinajstić information content (AvgIpc) is 2.82. The van der Waals surface area contributed by atoms with E-state index in [1.54, 1.807) is 0 Å². The molecule has 1 aliphatic heterocycles. The number of hydrogen-bond acceptors (Lipinski definition) is 4. The number of aliphatic hydroxyl groups excluding tert-OH is 2. The van der Waals surface area contributed by atoms with E-state index in [2.05, 4.69) is 5.32 Å². The maximum atomic E-state index is 14.5. The summed E-state index contributed by atoms with van der Waals surface area (Å²) in [6, 6.07) is 2.35.